The smallest absolute Gasteiger partial charge is 0.271 e. The summed E-state index contributed by atoms with van der Waals surface area (Å²) in [6.45, 7) is 17.4. The van der Waals surface area contributed by atoms with Crippen molar-refractivity contribution in [1.82, 2.24) is 15.1 Å². The molecule has 0 bridgehead atoms. The van der Waals surface area contributed by atoms with Gasteiger partial charge >= 0.3 is 0 Å². The van der Waals surface area contributed by atoms with Crippen LogP contribution < -0.4 is 11.1 Å². The summed E-state index contributed by atoms with van der Waals surface area (Å²) in [5.41, 5.74) is 8.21. The normalized spacial score (nSPS) is 25.4. The monoisotopic (exact) mass is 590 g/mol. The second kappa shape index (κ2) is 16.2. The molecule has 1 aromatic carbocycles. The first kappa shape index (κ1) is 34.7. The van der Waals surface area contributed by atoms with Crippen molar-refractivity contribution in [3.8, 4) is 0 Å². The Bertz CT molecular complexity index is 1090. The van der Waals surface area contributed by atoms with Crippen LogP contribution in [0.5, 0.6) is 0 Å². The fraction of sp³-hybridized carbons (Fsp3) is 0.594. The zero-order valence-corrected chi connectivity index (χ0v) is 26.9. The standard InChI is InChI=1S/C30H45FN4O3S.C2H6/c1-8-10-22-27(33-14-24(32)21-12-11-19(4)23(31)13-21)20(5)25(17-36)38-30(22)39-26(9-2)28(34(6)7)29(37)35-15-18(3)16-35;1-2/h9,11-14,18,20,22,25,27,30,33,36H,2,8,10,15-17,32H2,1,3-7H3;1-2H3/b24-14-,28-26+;. The van der Waals surface area contributed by atoms with Gasteiger partial charge in [-0.25, -0.2) is 4.39 Å². The first-order valence-electron chi connectivity index (χ1n) is 14.8. The Balaban J connectivity index is 0.00000287. The van der Waals surface area contributed by atoms with Gasteiger partial charge in [0.1, 0.15) is 17.0 Å². The number of carbonyl (C=O) groups is 1. The lowest BCUT2D eigenvalue weighted by Crippen LogP contribution is -2.55. The Hall–Kier alpha value is -2.49. The Kier molecular flexibility index (Phi) is 13.7. The number of allylic oxidation sites excluding steroid dienone is 1. The van der Waals surface area contributed by atoms with E-state index in [4.69, 9.17) is 10.5 Å². The molecule has 1 aromatic rings. The average Bonchev–Trinajstić information content (AvgIpc) is 2.93. The third-order valence-electron chi connectivity index (χ3n) is 7.67. The summed E-state index contributed by atoms with van der Waals surface area (Å²) in [7, 11) is 3.74. The van der Waals surface area contributed by atoms with E-state index in [9.17, 15) is 14.3 Å². The number of amides is 1. The van der Waals surface area contributed by atoms with Gasteiger partial charge in [0.05, 0.1) is 18.4 Å². The van der Waals surface area contributed by atoms with Gasteiger partial charge in [-0.2, -0.15) is 0 Å². The Morgan fingerprint density at radius 3 is 2.49 bits per heavy atom. The summed E-state index contributed by atoms with van der Waals surface area (Å²) in [6, 6.07) is 4.89. The maximum atomic E-state index is 14.1. The van der Waals surface area contributed by atoms with Crippen LogP contribution in [0.4, 0.5) is 4.39 Å². The number of carbonyl (C=O) groups excluding carboxylic acids is 1. The van der Waals surface area contributed by atoms with Gasteiger partial charge in [0.2, 0.25) is 0 Å². The van der Waals surface area contributed by atoms with Crippen LogP contribution in [-0.4, -0.2) is 72.2 Å². The topological polar surface area (TPSA) is 91.1 Å². The second-order valence-electron chi connectivity index (χ2n) is 11.0. The molecule has 5 atom stereocenters. The van der Waals surface area contributed by atoms with Crippen LogP contribution in [0.1, 0.15) is 58.6 Å². The highest BCUT2D eigenvalue weighted by molar-refractivity contribution is 8.03. The Morgan fingerprint density at radius 2 is 1.98 bits per heavy atom. The number of benzene rings is 1. The van der Waals surface area contributed by atoms with Crippen molar-refractivity contribution in [2.45, 2.75) is 72.0 Å². The fourth-order valence-corrected chi connectivity index (χ4v) is 6.74. The molecule has 2 fully saturated rings. The van der Waals surface area contributed by atoms with Gasteiger partial charge in [-0.1, -0.05) is 77.6 Å². The maximum absolute atomic E-state index is 14.1. The highest BCUT2D eigenvalue weighted by Gasteiger charge is 2.44. The number of likely N-dealkylation sites (N-methyl/N-ethyl adjacent to an activating group) is 1. The quantitative estimate of drug-likeness (QED) is 0.238. The van der Waals surface area contributed by atoms with E-state index in [1.54, 1.807) is 31.3 Å². The summed E-state index contributed by atoms with van der Waals surface area (Å²) in [5.74, 6) is 0.228. The first-order valence-corrected chi connectivity index (χ1v) is 15.6. The number of nitrogens with one attached hydrogen (secondary N) is 1. The molecule has 3 rings (SSSR count). The van der Waals surface area contributed by atoms with E-state index in [2.05, 4.69) is 32.7 Å². The number of aliphatic hydroxyl groups excluding tert-OH is 1. The highest BCUT2D eigenvalue weighted by Crippen LogP contribution is 2.42. The largest absolute Gasteiger partial charge is 0.397 e. The molecule has 2 heterocycles. The third kappa shape index (κ3) is 8.52. The van der Waals surface area contributed by atoms with Crippen LogP contribution in [0.2, 0.25) is 0 Å². The van der Waals surface area contributed by atoms with Crippen LogP contribution in [0.15, 0.2) is 47.7 Å². The SMILES string of the molecule is C=C/C(SC1OC(CO)C(C)C(N/C=C(\N)c2ccc(C)c(F)c2)C1CCC)=C(/C(=O)N1CC(C)C1)N(C)C.CC. The number of halogens is 1. The number of rotatable bonds is 11. The van der Waals surface area contributed by atoms with Crippen molar-refractivity contribution >= 4 is 23.4 Å². The van der Waals surface area contributed by atoms with Crippen LogP contribution in [-0.2, 0) is 9.53 Å². The van der Waals surface area contributed by atoms with Gasteiger partial charge in [0.15, 0.2) is 0 Å². The number of nitrogens with zero attached hydrogens (tertiary/aromatic N) is 2. The highest BCUT2D eigenvalue weighted by atomic mass is 32.2. The molecule has 4 N–H and O–H groups in total. The van der Waals surface area contributed by atoms with E-state index in [1.807, 2.05) is 37.7 Å². The van der Waals surface area contributed by atoms with Crippen LogP contribution >= 0.6 is 11.8 Å². The number of ether oxygens (including phenoxy) is 1. The Labute approximate surface area is 251 Å². The van der Waals surface area contributed by atoms with Crippen molar-refractivity contribution in [2.24, 2.45) is 23.5 Å². The molecule has 9 heteroatoms. The minimum Gasteiger partial charge on any atom is -0.397 e. The van der Waals surface area contributed by atoms with Gasteiger partial charge in [-0.05, 0) is 30.9 Å². The summed E-state index contributed by atoms with van der Waals surface area (Å²) >= 11 is 1.49. The molecule has 0 saturated carbocycles. The van der Waals surface area contributed by atoms with Crippen molar-refractivity contribution < 1.29 is 19.0 Å². The molecule has 5 unspecified atom stereocenters. The van der Waals surface area contributed by atoms with Crippen molar-refractivity contribution in [3.05, 3.63) is 64.6 Å². The number of nitrogens with two attached hydrogens (primary N) is 1. The molecule has 0 aromatic heterocycles. The minimum absolute atomic E-state index is 0.00820. The first-order chi connectivity index (χ1) is 19.5. The fourth-order valence-electron chi connectivity index (χ4n) is 5.34. The molecule has 2 aliphatic heterocycles. The number of likely N-dealkylation sites (tertiary alicyclic amines) is 1. The van der Waals surface area contributed by atoms with Crippen molar-refractivity contribution in [2.75, 3.05) is 33.8 Å². The number of aryl methyl sites for hydroxylation is 1. The third-order valence-corrected chi connectivity index (χ3v) is 8.98. The Morgan fingerprint density at radius 1 is 1.32 bits per heavy atom. The maximum Gasteiger partial charge on any atom is 0.271 e. The van der Waals surface area contributed by atoms with Crippen LogP contribution in [0, 0.1) is 30.5 Å². The molecular weight excluding hydrogens is 539 g/mol. The van der Waals surface area contributed by atoms with Crippen LogP contribution in [0.3, 0.4) is 0 Å². The number of aliphatic hydroxyl groups is 1. The average molecular weight is 591 g/mol. The van der Waals surface area contributed by atoms with E-state index in [0.717, 1.165) is 30.8 Å². The molecule has 2 saturated heterocycles. The lowest BCUT2D eigenvalue weighted by Gasteiger charge is -2.46. The molecule has 7 nitrogen and oxygen atoms in total. The van der Waals surface area contributed by atoms with Crippen molar-refractivity contribution in [3.63, 3.8) is 0 Å². The zero-order valence-electron chi connectivity index (χ0n) is 26.1. The molecule has 2 aliphatic rings. The molecule has 0 radical (unpaired) electrons. The molecule has 230 valence electrons. The van der Waals surface area contributed by atoms with E-state index in [-0.39, 0.29) is 41.6 Å². The second-order valence-corrected chi connectivity index (χ2v) is 12.2. The van der Waals surface area contributed by atoms with Crippen LogP contribution in [0.25, 0.3) is 5.70 Å². The molecule has 1 amide bonds. The van der Waals surface area contributed by atoms with Gasteiger partial charge < -0.3 is 30.7 Å². The summed E-state index contributed by atoms with van der Waals surface area (Å²) < 4.78 is 20.6. The molecule has 0 aliphatic carbocycles. The lowest BCUT2D eigenvalue weighted by atomic mass is 9.81. The van der Waals surface area contributed by atoms with Gasteiger partial charge in [0.25, 0.3) is 5.91 Å². The van der Waals surface area contributed by atoms with E-state index in [0.29, 0.717) is 28.4 Å². The van der Waals surface area contributed by atoms with Gasteiger partial charge in [0, 0.05) is 61.7 Å². The predicted molar refractivity (Wildman–Crippen MR) is 169 cm³/mol. The number of thioether (sulfide) groups is 1. The lowest BCUT2D eigenvalue weighted by molar-refractivity contribution is -0.134. The summed E-state index contributed by atoms with van der Waals surface area (Å²) in [5, 5.41) is 13.7. The van der Waals surface area contributed by atoms with E-state index in [1.165, 1.54) is 17.8 Å². The van der Waals surface area contributed by atoms with E-state index < -0.39 is 6.10 Å². The number of hydrogen-bond acceptors (Lipinski definition) is 7. The molecule has 41 heavy (non-hydrogen) atoms. The van der Waals surface area contributed by atoms with Crippen molar-refractivity contribution in [1.29, 1.82) is 0 Å². The van der Waals surface area contributed by atoms with Gasteiger partial charge in [-0.15, -0.1) is 0 Å². The molecular formula is C32H51FN4O3S. The number of hydrogen-bond donors (Lipinski definition) is 3. The van der Waals surface area contributed by atoms with E-state index >= 15 is 0 Å². The minimum atomic E-state index is -0.402. The molecule has 0 spiro atoms. The van der Waals surface area contributed by atoms with Gasteiger partial charge in [-0.3, -0.25) is 4.79 Å². The zero-order chi connectivity index (χ0) is 30.9. The predicted octanol–water partition coefficient (Wildman–Crippen LogP) is 5.32. The summed E-state index contributed by atoms with van der Waals surface area (Å²) in [6.07, 6.45) is 4.86. The summed E-state index contributed by atoms with van der Waals surface area (Å²) in [4.78, 5) is 17.8.